The number of piperidine rings is 1. The molecule has 132 valence electrons. The van der Waals surface area contributed by atoms with Crippen molar-refractivity contribution in [3.8, 4) is 11.5 Å². The van der Waals surface area contributed by atoms with Gasteiger partial charge in [0.15, 0.2) is 5.75 Å². The number of phenols is 1. The third-order valence-corrected chi connectivity index (χ3v) is 4.60. The summed E-state index contributed by atoms with van der Waals surface area (Å²) in [6.45, 7) is 1.47. The predicted molar refractivity (Wildman–Crippen MR) is 92.6 cm³/mol. The van der Waals surface area contributed by atoms with Crippen LogP contribution in [0.15, 0.2) is 36.7 Å². The lowest BCUT2D eigenvalue weighted by Crippen LogP contribution is -2.33. The molecule has 0 saturated carbocycles. The minimum Gasteiger partial charge on any atom is -0.500 e. The van der Waals surface area contributed by atoms with E-state index in [2.05, 4.69) is 16.0 Å². The number of aromatic hydroxyl groups is 1. The average Bonchev–Trinajstić information content (AvgIpc) is 2.64. The van der Waals surface area contributed by atoms with Gasteiger partial charge in [0.05, 0.1) is 12.0 Å². The lowest BCUT2D eigenvalue weighted by molar-refractivity contribution is -0.386. The number of phenolic OH excluding ortho intramolecular Hbond substituents is 1. The van der Waals surface area contributed by atoms with Crippen molar-refractivity contribution in [2.24, 2.45) is 0 Å². The van der Waals surface area contributed by atoms with Crippen molar-refractivity contribution < 1.29 is 14.8 Å². The molecule has 1 aromatic carbocycles. The number of rotatable bonds is 5. The van der Waals surface area contributed by atoms with E-state index in [-0.39, 0.29) is 17.5 Å². The van der Waals surface area contributed by atoms with Gasteiger partial charge in [-0.1, -0.05) is 12.5 Å². The van der Waals surface area contributed by atoms with Gasteiger partial charge in [-0.3, -0.25) is 20.0 Å². The maximum absolute atomic E-state index is 11.2. The van der Waals surface area contributed by atoms with Crippen molar-refractivity contribution in [1.82, 2.24) is 9.88 Å². The number of hydrogen-bond donors (Lipinski definition) is 1. The number of nitro benzene ring substituents is 1. The molecule has 1 aliphatic rings. The van der Waals surface area contributed by atoms with E-state index < -0.39 is 10.7 Å². The highest BCUT2D eigenvalue weighted by molar-refractivity contribution is 5.57. The topological polar surface area (TPSA) is 88.7 Å². The molecule has 2 aromatic rings. The molecule has 0 spiro atoms. The van der Waals surface area contributed by atoms with Crippen molar-refractivity contribution in [3.05, 3.63) is 57.9 Å². The molecule has 1 atom stereocenters. The molecule has 25 heavy (non-hydrogen) atoms. The largest absolute Gasteiger partial charge is 0.500 e. The quantitative estimate of drug-likeness (QED) is 0.661. The van der Waals surface area contributed by atoms with E-state index in [9.17, 15) is 15.2 Å². The molecule has 3 rings (SSSR count). The van der Waals surface area contributed by atoms with Crippen LogP contribution in [0, 0.1) is 10.1 Å². The highest BCUT2D eigenvalue weighted by atomic mass is 16.6. The summed E-state index contributed by atoms with van der Waals surface area (Å²) in [4.78, 5) is 17.1. The molecule has 1 aliphatic heterocycles. The second-order valence-corrected chi connectivity index (χ2v) is 6.19. The van der Waals surface area contributed by atoms with E-state index in [1.807, 2.05) is 12.3 Å². The smallest absolute Gasteiger partial charge is 0.314 e. The molecule has 7 heteroatoms. The fourth-order valence-electron chi connectivity index (χ4n) is 3.40. The number of aromatic nitrogens is 1. The normalized spacial score (nSPS) is 18.0. The Balaban J connectivity index is 1.89. The summed E-state index contributed by atoms with van der Waals surface area (Å²) in [7, 11) is 1.39. The number of ether oxygens (including phenoxy) is 1. The Labute approximate surface area is 146 Å². The fraction of sp³-hybridized carbons (Fsp3) is 0.389. The van der Waals surface area contributed by atoms with E-state index in [0.29, 0.717) is 6.54 Å². The van der Waals surface area contributed by atoms with Crippen LogP contribution >= 0.6 is 0 Å². The van der Waals surface area contributed by atoms with Crippen LogP contribution in [0.25, 0.3) is 0 Å². The van der Waals surface area contributed by atoms with Crippen molar-refractivity contribution >= 4 is 5.69 Å². The minimum atomic E-state index is -0.587. The Morgan fingerprint density at radius 3 is 2.96 bits per heavy atom. The molecule has 0 unspecified atom stereocenters. The molecule has 1 saturated heterocycles. The van der Waals surface area contributed by atoms with Crippen LogP contribution in [0.2, 0.25) is 0 Å². The second kappa shape index (κ2) is 7.48. The van der Waals surface area contributed by atoms with Crippen LogP contribution in [0.3, 0.4) is 0 Å². The predicted octanol–water partition coefficient (Wildman–Crippen LogP) is 3.43. The molecule has 1 fully saturated rings. The zero-order valence-corrected chi connectivity index (χ0v) is 14.1. The Morgan fingerprint density at radius 2 is 2.28 bits per heavy atom. The molecule has 1 N–H and O–H groups in total. The van der Waals surface area contributed by atoms with Crippen LogP contribution in [-0.2, 0) is 6.54 Å². The average molecular weight is 343 g/mol. The number of hydrogen-bond acceptors (Lipinski definition) is 6. The highest BCUT2D eigenvalue weighted by Gasteiger charge is 2.26. The summed E-state index contributed by atoms with van der Waals surface area (Å²) in [5.41, 5.74) is 1.57. The zero-order chi connectivity index (χ0) is 17.8. The summed E-state index contributed by atoms with van der Waals surface area (Å²) >= 11 is 0. The van der Waals surface area contributed by atoms with Crippen molar-refractivity contribution in [2.45, 2.75) is 31.8 Å². The van der Waals surface area contributed by atoms with E-state index in [1.54, 1.807) is 12.3 Å². The molecule has 0 bridgehead atoms. The van der Waals surface area contributed by atoms with Crippen molar-refractivity contribution in [3.63, 3.8) is 0 Å². The van der Waals surface area contributed by atoms with Gasteiger partial charge < -0.3 is 9.84 Å². The molecule has 0 amide bonds. The molecular formula is C18H21N3O4. The van der Waals surface area contributed by atoms with Gasteiger partial charge in [0.1, 0.15) is 0 Å². The summed E-state index contributed by atoms with van der Waals surface area (Å²) < 4.78 is 5.09. The van der Waals surface area contributed by atoms with Gasteiger partial charge in [-0.05, 0) is 42.6 Å². The molecular weight excluding hydrogens is 322 g/mol. The van der Waals surface area contributed by atoms with Gasteiger partial charge in [0, 0.05) is 31.0 Å². The van der Waals surface area contributed by atoms with Gasteiger partial charge in [0.2, 0.25) is 5.75 Å². The minimum absolute atomic E-state index is 0.124. The van der Waals surface area contributed by atoms with E-state index in [4.69, 9.17) is 4.74 Å². The molecule has 1 aromatic heterocycles. The summed E-state index contributed by atoms with van der Waals surface area (Å²) in [5, 5.41) is 21.1. The van der Waals surface area contributed by atoms with Gasteiger partial charge in [-0.25, -0.2) is 0 Å². The van der Waals surface area contributed by atoms with Gasteiger partial charge >= 0.3 is 5.69 Å². The van der Waals surface area contributed by atoms with E-state index >= 15 is 0 Å². The maximum Gasteiger partial charge on any atom is 0.314 e. The highest BCUT2D eigenvalue weighted by Crippen LogP contribution is 2.38. The van der Waals surface area contributed by atoms with Crippen molar-refractivity contribution in [2.75, 3.05) is 13.7 Å². The number of likely N-dealkylation sites (tertiary alicyclic amines) is 1. The Bertz CT molecular complexity index is 751. The van der Waals surface area contributed by atoms with Gasteiger partial charge in [0.25, 0.3) is 0 Å². The lowest BCUT2D eigenvalue weighted by atomic mass is 9.95. The monoisotopic (exact) mass is 343 g/mol. The summed E-state index contributed by atoms with van der Waals surface area (Å²) in [6.07, 6.45) is 6.90. The first-order valence-electron chi connectivity index (χ1n) is 8.28. The summed E-state index contributed by atoms with van der Waals surface area (Å²) in [5.74, 6) is -0.308. The zero-order valence-electron chi connectivity index (χ0n) is 14.1. The van der Waals surface area contributed by atoms with Gasteiger partial charge in [-0.15, -0.1) is 0 Å². The number of methoxy groups -OCH3 is 1. The first kappa shape index (κ1) is 17.2. The number of nitro groups is 1. The second-order valence-electron chi connectivity index (χ2n) is 6.19. The molecule has 2 heterocycles. The Hall–Kier alpha value is -2.67. The van der Waals surface area contributed by atoms with Crippen LogP contribution in [-0.4, -0.2) is 33.6 Å². The third-order valence-electron chi connectivity index (χ3n) is 4.60. The lowest BCUT2D eigenvalue weighted by Gasteiger charge is -2.36. The maximum atomic E-state index is 11.2. The third kappa shape index (κ3) is 3.71. The van der Waals surface area contributed by atoms with E-state index in [1.165, 1.54) is 13.2 Å². The fourth-order valence-corrected chi connectivity index (χ4v) is 3.40. The molecule has 7 nitrogen and oxygen atoms in total. The van der Waals surface area contributed by atoms with Crippen LogP contribution in [0.5, 0.6) is 11.5 Å². The van der Waals surface area contributed by atoms with Crippen molar-refractivity contribution in [1.29, 1.82) is 0 Å². The number of benzene rings is 1. The first-order valence-corrected chi connectivity index (χ1v) is 8.28. The molecule has 0 radical (unpaired) electrons. The van der Waals surface area contributed by atoms with E-state index in [0.717, 1.165) is 36.9 Å². The SMILES string of the molecule is COc1cc(CN2CCCC[C@@H]2c2cccnc2)cc([N+](=O)[O-])c1O. The van der Waals surface area contributed by atoms with Crippen LogP contribution in [0.4, 0.5) is 5.69 Å². The Morgan fingerprint density at radius 1 is 1.44 bits per heavy atom. The number of nitrogens with zero attached hydrogens (tertiary/aromatic N) is 3. The summed E-state index contributed by atoms with van der Waals surface area (Å²) in [6, 6.07) is 7.32. The first-order chi connectivity index (χ1) is 12.1. The number of pyridine rings is 1. The van der Waals surface area contributed by atoms with Crippen LogP contribution < -0.4 is 4.74 Å². The standard InChI is InChI=1S/C18H21N3O4/c1-25-17-10-13(9-16(18(17)22)21(23)24)12-20-8-3-2-6-15(20)14-5-4-7-19-11-14/h4-5,7,9-11,15,22H,2-3,6,8,12H2,1H3/t15-/m1/s1. The van der Waals surface area contributed by atoms with Gasteiger partial charge in [-0.2, -0.15) is 0 Å². The Kier molecular flexibility index (Phi) is 5.14. The van der Waals surface area contributed by atoms with Crippen LogP contribution in [0.1, 0.15) is 36.4 Å². The molecule has 0 aliphatic carbocycles.